The lowest BCUT2D eigenvalue weighted by atomic mass is 9.77. The Balaban J connectivity index is 1.22. The molecule has 0 unspecified atom stereocenters. The van der Waals surface area contributed by atoms with E-state index in [1.807, 2.05) is 6.08 Å². The van der Waals surface area contributed by atoms with Crippen LogP contribution in [-0.4, -0.2) is 55.1 Å². The van der Waals surface area contributed by atoms with Crippen molar-refractivity contribution in [2.75, 3.05) is 37.6 Å². The summed E-state index contributed by atoms with van der Waals surface area (Å²) in [5.41, 5.74) is 9.33. The molecule has 0 spiro atoms. The molecule has 1 saturated carbocycles. The number of carbonyl (C=O) groups is 2. The number of esters is 1. The van der Waals surface area contributed by atoms with E-state index in [2.05, 4.69) is 41.8 Å². The van der Waals surface area contributed by atoms with Crippen LogP contribution in [0.4, 0.5) is 5.69 Å². The number of benzene rings is 1. The Morgan fingerprint density at radius 3 is 2.42 bits per heavy atom. The van der Waals surface area contributed by atoms with Crippen LogP contribution in [-0.2, 0) is 14.3 Å². The van der Waals surface area contributed by atoms with Crippen LogP contribution in [0.25, 0.3) is 0 Å². The van der Waals surface area contributed by atoms with Gasteiger partial charge in [-0.2, -0.15) is 0 Å². The molecule has 1 amide bonds. The van der Waals surface area contributed by atoms with Gasteiger partial charge in [-0.3, -0.25) is 9.69 Å². The topological polar surface area (TPSA) is 75.9 Å². The summed E-state index contributed by atoms with van der Waals surface area (Å²) in [5, 5.41) is 0. The molecule has 2 fully saturated rings. The van der Waals surface area contributed by atoms with Gasteiger partial charge in [0.1, 0.15) is 0 Å². The molecule has 33 heavy (non-hydrogen) atoms. The average Bonchev–Trinajstić information content (AvgIpc) is 3.36. The molecule has 1 saturated heterocycles. The van der Waals surface area contributed by atoms with Crippen LogP contribution in [0, 0.1) is 19.8 Å². The molecule has 180 valence electrons. The Hall–Kier alpha value is -2.34. The van der Waals surface area contributed by atoms with E-state index in [1.54, 1.807) is 0 Å². The molecule has 2 N–H and O–H groups in total. The number of anilines is 1. The molecule has 6 heteroatoms. The van der Waals surface area contributed by atoms with E-state index in [0.717, 1.165) is 71.2 Å². The van der Waals surface area contributed by atoms with E-state index in [1.165, 1.54) is 16.8 Å². The van der Waals surface area contributed by atoms with Gasteiger partial charge in [-0.05, 0) is 101 Å². The maximum Gasteiger partial charge on any atom is 0.334 e. The van der Waals surface area contributed by atoms with Gasteiger partial charge < -0.3 is 15.4 Å². The lowest BCUT2D eigenvalue weighted by Crippen LogP contribution is -2.50. The number of allylic oxidation sites excluding steroid dienone is 1. The zero-order chi connectivity index (χ0) is 23.4. The van der Waals surface area contributed by atoms with Gasteiger partial charge in [0.2, 0.25) is 0 Å². The number of hydrogen-bond donors (Lipinski definition) is 1. The Bertz CT molecular complexity index is 894. The summed E-state index contributed by atoms with van der Waals surface area (Å²) in [6, 6.07) is 6.75. The highest BCUT2D eigenvalue weighted by atomic mass is 16.6. The first-order chi connectivity index (χ1) is 15.9. The number of aryl methyl sites for hydroxylation is 2. The van der Waals surface area contributed by atoms with Crippen molar-refractivity contribution in [3.05, 3.63) is 41.0 Å². The molecule has 0 radical (unpaired) electrons. The van der Waals surface area contributed by atoms with Gasteiger partial charge in [-0.25, -0.2) is 4.79 Å². The Morgan fingerprint density at radius 1 is 1.09 bits per heavy atom. The fourth-order valence-corrected chi connectivity index (χ4v) is 5.45. The molecule has 4 rings (SSSR count). The lowest BCUT2D eigenvalue weighted by molar-refractivity contribution is -0.168. The number of nitrogens with zero attached hydrogens (tertiary/aromatic N) is 2. The Kier molecular flexibility index (Phi) is 7.42. The first kappa shape index (κ1) is 23.8. The maximum absolute atomic E-state index is 12.5. The second kappa shape index (κ2) is 10.3. The highest BCUT2D eigenvalue weighted by Crippen LogP contribution is 2.37. The molecule has 1 aromatic carbocycles. The Labute approximate surface area is 198 Å². The van der Waals surface area contributed by atoms with Crippen molar-refractivity contribution in [1.82, 2.24) is 4.90 Å². The van der Waals surface area contributed by atoms with E-state index >= 15 is 0 Å². The minimum absolute atomic E-state index is 0.341. The predicted molar refractivity (Wildman–Crippen MR) is 131 cm³/mol. The monoisotopic (exact) mass is 453 g/mol. The van der Waals surface area contributed by atoms with Crippen LogP contribution in [0.15, 0.2) is 29.8 Å². The normalized spacial score (nSPS) is 26.2. The van der Waals surface area contributed by atoms with Crippen molar-refractivity contribution >= 4 is 17.6 Å². The molecule has 3 aliphatic rings. The molecule has 0 aromatic heterocycles. The molecular formula is C27H39N3O3. The highest BCUT2D eigenvalue weighted by molar-refractivity contribution is 5.93. The molecule has 1 aliphatic heterocycles. The zero-order valence-corrected chi connectivity index (χ0v) is 20.3. The number of carbonyl (C=O) groups excluding carboxylic acids is 2. The fourth-order valence-electron chi connectivity index (χ4n) is 5.45. The summed E-state index contributed by atoms with van der Waals surface area (Å²) < 4.78 is 5.74. The summed E-state index contributed by atoms with van der Waals surface area (Å²) in [7, 11) is 0. The van der Waals surface area contributed by atoms with Gasteiger partial charge in [0, 0.05) is 37.4 Å². The van der Waals surface area contributed by atoms with Gasteiger partial charge >= 0.3 is 5.97 Å². The summed E-state index contributed by atoms with van der Waals surface area (Å²) in [6.07, 6.45) is 8.56. The zero-order valence-electron chi connectivity index (χ0n) is 20.3. The van der Waals surface area contributed by atoms with Gasteiger partial charge in [0.05, 0.1) is 0 Å². The number of piperazine rings is 1. The van der Waals surface area contributed by atoms with Crippen LogP contribution >= 0.6 is 0 Å². The third-order valence-electron chi connectivity index (χ3n) is 8.03. The van der Waals surface area contributed by atoms with Crippen molar-refractivity contribution in [3.63, 3.8) is 0 Å². The SMILES string of the molecule is Cc1ccc(N2CCN(CCC3CCC(OC(=O)C4=CCCC4)(C(N)=O)CC3)CC2)cc1C. The first-order valence-corrected chi connectivity index (χ1v) is 12.6. The minimum atomic E-state index is -1.12. The second-order valence-corrected chi connectivity index (χ2v) is 10.2. The number of nitrogens with two attached hydrogens (primary N) is 1. The smallest absolute Gasteiger partial charge is 0.334 e. The summed E-state index contributed by atoms with van der Waals surface area (Å²) in [4.78, 5) is 29.8. The van der Waals surface area contributed by atoms with Gasteiger partial charge in [-0.1, -0.05) is 12.1 Å². The quantitative estimate of drug-likeness (QED) is 0.634. The van der Waals surface area contributed by atoms with Crippen LogP contribution in [0.3, 0.4) is 0 Å². The number of amides is 1. The molecule has 0 bridgehead atoms. The van der Waals surface area contributed by atoms with Crippen LogP contribution in [0.2, 0.25) is 0 Å². The molecule has 2 aliphatic carbocycles. The molecule has 1 heterocycles. The third kappa shape index (κ3) is 5.60. The highest BCUT2D eigenvalue weighted by Gasteiger charge is 2.44. The fraction of sp³-hybridized carbons (Fsp3) is 0.630. The van der Waals surface area contributed by atoms with Crippen molar-refractivity contribution < 1.29 is 14.3 Å². The number of rotatable bonds is 7. The van der Waals surface area contributed by atoms with E-state index in [-0.39, 0.29) is 5.97 Å². The molecule has 1 aromatic rings. The summed E-state index contributed by atoms with van der Waals surface area (Å²) >= 11 is 0. The van der Waals surface area contributed by atoms with Crippen molar-refractivity contribution in [3.8, 4) is 0 Å². The minimum Gasteiger partial charge on any atom is -0.446 e. The maximum atomic E-state index is 12.5. The first-order valence-electron chi connectivity index (χ1n) is 12.6. The van der Waals surface area contributed by atoms with Crippen molar-refractivity contribution in [2.45, 2.75) is 70.8 Å². The number of ether oxygens (including phenoxy) is 1. The largest absolute Gasteiger partial charge is 0.446 e. The van der Waals surface area contributed by atoms with E-state index in [4.69, 9.17) is 10.5 Å². The van der Waals surface area contributed by atoms with Gasteiger partial charge in [0.15, 0.2) is 5.60 Å². The van der Waals surface area contributed by atoms with E-state index in [9.17, 15) is 9.59 Å². The van der Waals surface area contributed by atoms with E-state index < -0.39 is 11.5 Å². The third-order valence-corrected chi connectivity index (χ3v) is 8.03. The van der Waals surface area contributed by atoms with Crippen molar-refractivity contribution in [2.24, 2.45) is 11.7 Å². The summed E-state index contributed by atoms with van der Waals surface area (Å²) in [6.45, 7) is 9.70. The van der Waals surface area contributed by atoms with Crippen LogP contribution in [0.5, 0.6) is 0 Å². The van der Waals surface area contributed by atoms with Gasteiger partial charge in [0.25, 0.3) is 5.91 Å². The average molecular weight is 454 g/mol. The number of hydrogen-bond acceptors (Lipinski definition) is 5. The van der Waals surface area contributed by atoms with E-state index in [0.29, 0.717) is 24.3 Å². The molecular weight excluding hydrogens is 414 g/mol. The summed E-state index contributed by atoms with van der Waals surface area (Å²) in [5.74, 6) is -0.276. The van der Waals surface area contributed by atoms with Crippen LogP contribution in [0.1, 0.15) is 62.5 Å². The Morgan fingerprint density at radius 2 is 1.82 bits per heavy atom. The molecule has 0 atom stereocenters. The second-order valence-electron chi connectivity index (χ2n) is 10.2. The van der Waals surface area contributed by atoms with Gasteiger partial charge in [-0.15, -0.1) is 0 Å². The van der Waals surface area contributed by atoms with Crippen LogP contribution < -0.4 is 10.6 Å². The standard InChI is InChI=1S/C27H39N3O3/c1-20-7-8-24(19-21(20)2)30-17-15-29(16-18-30)14-11-22-9-12-27(13-10-22,26(28)32)33-25(31)23-5-3-4-6-23/h5,7-8,19,22H,3-4,6,9-18H2,1-2H3,(H2,28,32). The predicted octanol–water partition coefficient (Wildman–Crippen LogP) is 3.88. The molecule has 6 nitrogen and oxygen atoms in total. The van der Waals surface area contributed by atoms with Crippen molar-refractivity contribution in [1.29, 1.82) is 0 Å². The lowest BCUT2D eigenvalue weighted by Gasteiger charge is -2.39. The number of primary amides is 1.